The molecule has 5 nitrogen and oxygen atoms in total. The predicted molar refractivity (Wildman–Crippen MR) is 82.2 cm³/mol. The highest BCUT2D eigenvalue weighted by Crippen LogP contribution is 2.30. The molecule has 1 atom stereocenters. The molecule has 1 aliphatic heterocycles. The molecule has 21 heavy (non-hydrogen) atoms. The van der Waals surface area contributed by atoms with Gasteiger partial charge in [0.2, 0.25) is 0 Å². The molecule has 1 amide bonds. The van der Waals surface area contributed by atoms with Gasteiger partial charge in [-0.25, -0.2) is 0 Å². The zero-order valence-electron chi connectivity index (χ0n) is 13.2. The van der Waals surface area contributed by atoms with Crippen LogP contribution in [0.5, 0.6) is 11.5 Å². The number of ether oxygens (including phenoxy) is 2. The van der Waals surface area contributed by atoms with Crippen molar-refractivity contribution in [2.24, 2.45) is 5.92 Å². The zero-order chi connectivity index (χ0) is 15.4. The standard InChI is InChI=1S/C16H24N2O3/c1-11-14(20-3)7-13(8-15(11)21-4)16(19)18-6-5-12(10-18)9-17-2/h7-8,12,17H,5-6,9-10H2,1-4H3/t12-/m1/s1. The Balaban J connectivity index is 2.20. The number of rotatable bonds is 5. The van der Waals surface area contributed by atoms with Gasteiger partial charge in [0, 0.05) is 24.2 Å². The molecule has 116 valence electrons. The topological polar surface area (TPSA) is 50.8 Å². The number of hydrogen-bond acceptors (Lipinski definition) is 4. The maximum atomic E-state index is 12.6. The quantitative estimate of drug-likeness (QED) is 0.897. The average Bonchev–Trinajstić information content (AvgIpc) is 2.95. The number of amides is 1. The third kappa shape index (κ3) is 3.29. The number of nitrogens with one attached hydrogen (secondary N) is 1. The van der Waals surface area contributed by atoms with Crippen LogP contribution in [0, 0.1) is 12.8 Å². The second-order valence-electron chi connectivity index (χ2n) is 5.47. The maximum absolute atomic E-state index is 12.6. The monoisotopic (exact) mass is 292 g/mol. The van der Waals surface area contributed by atoms with E-state index >= 15 is 0 Å². The summed E-state index contributed by atoms with van der Waals surface area (Å²) < 4.78 is 10.7. The molecule has 0 radical (unpaired) electrons. The van der Waals surface area contributed by atoms with E-state index in [2.05, 4.69) is 5.32 Å². The molecule has 1 saturated heterocycles. The number of carbonyl (C=O) groups is 1. The Morgan fingerprint density at radius 2 is 1.95 bits per heavy atom. The Morgan fingerprint density at radius 1 is 1.33 bits per heavy atom. The number of methoxy groups -OCH3 is 2. The smallest absolute Gasteiger partial charge is 0.254 e. The van der Waals surface area contributed by atoms with Crippen LogP contribution in [0.2, 0.25) is 0 Å². The Morgan fingerprint density at radius 3 is 2.48 bits per heavy atom. The first-order valence-electron chi connectivity index (χ1n) is 7.27. The number of carbonyl (C=O) groups excluding carboxylic acids is 1. The highest BCUT2D eigenvalue weighted by atomic mass is 16.5. The molecule has 0 aliphatic carbocycles. The lowest BCUT2D eigenvalue weighted by atomic mass is 10.1. The van der Waals surface area contributed by atoms with Crippen molar-refractivity contribution in [2.75, 3.05) is 40.9 Å². The maximum Gasteiger partial charge on any atom is 0.254 e. The summed E-state index contributed by atoms with van der Waals surface area (Å²) in [7, 11) is 5.16. The van der Waals surface area contributed by atoms with E-state index in [0.29, 0.717) is 23.0 Å². The molecular formula is C16H24N2O3. The van der Waals surface area contributed by atoms with Crippen LogP contribution in [-0.4, -0.2) is 51.7 Å². The summed E-state index contributed by atoms with van der Waals surface area (Å²) >= 11 is 0. The molecule has 1 fully saturated rings. The van der Waals surface area contributed by atoms with Gasteiger partial charge in [-0.05, 0) is 45.0 Å². The molecule has 0 aromatic heterocycles. The summed E-state index contributed by atoms with van der Waals surface area (Å²) in [5, 5.41) is 3.17. The van der Waals surface area contributed by atoms with E-state index in [-0.39, 0.29) is 5.91 Å². The van der Waals surface area contributed by atoms with Crippen LogP contribution in [0.3, 0.4) is 0 Å². The van der Waals surface area contributed by atoms with Gasteiger partial charge in [-0.3, -0.25) is 4.79 Å². The minimum atomic E-state index is 0.0465. The van der Waals surface area contributed by atoms with Crippen LogP contribution in [0.15, 0.2) is 12.1 Å². The fraction of sp³-hybridized carbons (Fsp3) is 0.562. The summed E-state index contributed by atoms with van der Waals surface area (Å²) in [5.41, 5.74) is 1.53. The van der Waals surface area contributed by atoms with Gasteiger partial charge in [0.25, 0.3) is 5.91 Å². The van der Waals surface area contributed by atoms with Gasteiger partial charge in [0.15, 0.2) is 0 Å². The molecule has 1 aromatic rings. The molecule has 0 bridgehead atoms. The molecule has 0 saturated carbocycles. The molecule has 0 unspecified atom stereocenters. The summed E-state index contributed by atoms with van der Waals surface area (Å²) in [6, 6.07) is 3.59. The van der Waals surface area contributed by atoms with E-state index in [4.69, 9.17) is 9.47 Å². The van der Waals surface area contributed by atoms with Gasteiger partial charge in [-0.1, -0.05) is 0 Å². The van der Waals surface area contributed by atoms with E-state index in [1.165, 1.54) is 0 Å². The van der Waals surface area contributed by atoms with E-state index in [9.17, 15) is 4.79 Å². The second-order valence-corrected chi connectivity index (χ2v) is 5.47. The van der Waals surface area contributed by atoms with E-state index < -0.39 is 0 Å². The summed E-state index contributed by atoms with van der Waals surface area (Å²) in [6.07, 6.45) is 1.05. The van der Waals surface area contributed by atoms with Crippen LogP contribution in [0.4, 0.5) is 0 Å². The van der Waals surface area contributed by atoms with Crippen molar-refractivity contribution in [1.29, 1.82) is 0 Å². The molecular weight excluding hydrogens is 268 g/mol. The van der Waals surface area contributed by atoms with Gasteiger partial charge in [-0.2, -0.15) is 0 Å². The van der Waals surface area contributed by atoms with Crippen molar-refractivity contribution in [2.45, 2.75) is 13.3 Å². The van der Waals surface area contributed by atoms with Crippen molar-refractivity contribution in [3.8, 4) is 11.5 Å². The molecule has 1 N–H and O–H groups in total. The van der Waals surface area contributed by atoms with Gasteiger partial charge >= 0.3 is 0 Å². The van der Waals surface area contributed by atoms with Crippen LogP contribution in [0.1, 0.15) is 22.3 Å². The molecule has 0 spiro atoms. The number of hydrogen-bond donors (Lipinski definition) is 1. The van der Waals surface area contributed by atoms with Crippen LogP contribution >= 0.6 is 0 Å². The van der Waals surface area contributed by atoms with Gasteiger partial charge in [-0.15, -0.1) is 0 Å². The van der Waals surface area contributed by atoms with Gasteiger partial charge in [0.05, 0.1) is 14.2 Å². The minimum Gasteiger partial charge on any atom is -0.496 e. The summed E-state index contributed by atoms with van der Waals surface area (Å²) in [4.78, 5) is 14.5. The Hall–Kier alpha value is -1.75. The first kappa shape index (κ1) is 15.6. The lowest BCUT2D eigenvalue weighted by molar-refractivity contribution is 0.0786. The molecule has 1 aliphatic rings. The highest BCUT2D eigenvalue weighted by Gasteiger charge is 2.27. The van der Waals surface area contributed by atoms with E-state index in [1.807, 2.05) is 18.9 Å². The van der Waals surface area contributed by atoms with Crippen LogP contribution in [-0.2, 0) is 0 Å². The SMILES string of the molecule is CNC[C@H]1CCN(C(=O)c2cc(OC)c(C)c(OC)c2)C1. The van der Waals surface area contributed by atoms with Crippen molar-refractivity contribution in [3.05, 3.63) is 23.3 Å². The fourth-order valence-electron chi connectivity index (χ4n) is 2.86. The third-order valence-corrected chi connectivity index (χ3v) is 4.07. The van der Waals surface area contributed by atoms with Crippen molar-refractivity contribution in [1.82, 2.24) is 10.2 Å². The molecule has 1 aromatic carbocycles. The Kier molecular flexibility index (Phi) is 5.07. The van der Waals surface area contributed by atoms with Gasteiger partial charge < -0.3 is 19.7 Å². The lowest BCUT2D eigenvalue weighted by Crippen LogP contribution is -2.30. The summed E-state index contributed by atoms with van der Waals surface area (Å²) in [5.74, 6) is 1.95. The predicted octanol–water partition coefficient (Wildman–Crippen LogP) is 1.69. The van der Waals surface area contributed by atoms with Crippen molar-refractivity contribution < 1.29 is 14.3 Å². The second kappa shape index (κ2) is 6.80. The van der Waals surface area contributed by atoms with E-state index in [1.54, 1.807) is 26.4 Å². The Bertz CT molecular complexity index is 491. The summed E-state index contributed by atoms with van der Waals surface area (Å²) in [6.45, 7) is 4.48. The number of benzene rings is 1. The molecule has 2 rings (SSSR count). The van der Waals surface area contributed by atoms with Crippen LogP contribution < -0.4 is 14.8 Å². The first-order chi connectivity index (χ1) is 10.1. The number of likely N-dealkylation sites (tertiary alicyclic amines) is 1. The lowest BCUT2D eigenvalue weighted by Gasteiger charge is -2.18. The number of nitrogens with zero attached hydrogens (tertiary/aromatic N) is 1. The highest BCUT2D eigenvalue weighted by molar-refractivity contribution is 5.95. The van der Waals surface area contributed by atoms with Crippen molar-refractivity contribution >= 4 is 5.91 Å². The average molecular weight is 292 g/mol. The van der Waals surface area contributed by atoms with Crippen molar-refractivity contribution in [3.63, 3.8) is 0 Å². The normalized spacial score (nSPS) is 17.9. The van der Waals surface area contributed by atoms with Crippen LogP contribution in [0.25, 0.3) is 0 Å². The largest absolute Gasteiger partial charge is 0.496 e. The Labute approximate surface area is 126 Å². The zero-order valence-corrected chi connectivity index (χ0v) is 13.2. The van der Waals surface area contributed by atoms with Gasteiger partial charge in [0.1, 0.15) is 11.5 Å². The fourth-order valence-corrected chi connectivity index (χ4v) is 2.86. The molecule has 1 heterocycles. The minimum absolute atomic E-state index is 0.0465. The third-order valence-electron chi connectivity index (χ3n) is 4.07. The molecule has 5 heteroatoms. The first-order valence-corrected chi connectivity index (χ1v) is 7.27. The van der Waals surface area contributed by atoms with E-state index in [0.717, 1.165) is 31.6 Å².